The zero-order chi connectivity index (χ0) is 19.6. The fourth-order valence-electron chi connectivity index (χ4n) is 2.57. The van der Waals surface area contributed by atoms with E-state index in [4.69, 9.17) is 16.3 Å². The molecule has 2 amide bonds. The lowest BCUT2D eigenvalue weighted by Gasteiger charge is -2.22. The van der Waals surface area contributed by atoms with Gasteiger partial charge in [0.1, 0.15) is 5.69 Å². The van der Waals surface area contributed by atoms with Gasteiger partial charge in [-0.25, -0.2) is 4.79 Å². The van der Waals surface area contributed by atoms with Crippen molar-refractivity contribution in [2.45, 2.75) is 18.3 Å². The van der Waals surface area contributed by atoms with E-state index in [9.17, 15) is 22.8 Å². The van der Waals surface area contributed by atoms with Crippen LogP contribution in [-0.4, -0.2) is 29.6 Å². The molecule has 27 heavy (non-hydrogen) atoms. The van der Waals surface area contributed by atoms with Gasteiger partial charge in [-0.1, -0.05) is 23.7 Å². The highest BCUT2D eigenvalue weighted by Crippen LogP contribution is 2.31. The Kier molecular flexibility index (Phi) is 5.22. The van der Waals surface area contributed by atoms with Crippen molar-refractivity contribution in [1.29, 1.82) is 0 Å². The molecule has 2 aromatic rings. The number of aromatic nitrogens is 1. The molecule has 1 fully saturated rings. The van der Waals surface area contributed by atoms with Crippen molar-refractivity contribution in [3.63, 3.8) is 0 Å². The number of carbonyl (C=O) groups excluding carboxylic acids is 2. The average molecular weight is 400 g/mol. The van der Waals surface area contributed by atoms with Gasteiger partial charge in [0.25, 0.3) is 5.91 Å². The Bertz CT molecular complexity index is 858. The molecule has 1 aliphatic rings. The van der Waals surface area contributed by atoms with Gasteiger partial charge in [-0.15, -0.1) is 0 Å². The van der Waals surface area contributed by atoms with E-state index in [1.807, 2.05) is 0 Å². The van der Waals surface area contributed by atoms with Crippen molar-refractivity contribution in [2.75, 3.05) is 6.54 Å². The van der Waals surface area contributed by atoms with Crippen LogP contribution in [0.3, 0.4) is 0 Å². The van der Waals surface area contributed by atoms with Crippen LogP contribution in [0.5, 0.6) is 0 Å². The molecule has 1 saturated heterocycles. The fourth-order valence-corrected chi connectivity index (χ4v) is 2.69. The van der Waals surface area contributed by atoms with Crippen molar-refractivity contribution in [2.24, 2.45) is 0 Å². The molecule has 6 nitrogen and oxygen atoms in total. The molecule has 1 aliphatic heterocycles. The van der Waals surface area contributed by atoms with Gasteiger partial charge in [-0.05, 0) is 35.4 Å². The van der Waals surface area contributed by atoms with Gasteiger partial charge in [0.15, 0.2) is 6.10 Å². The van der Waals surface area contributed by atoms with Gasteiger partial charge in [0.05, 0.1) is 12.6 Å². The molecular weight excluding hydrogens is 387 g/mol. The first kappa shape index (κ1) is 19.0. The van der Waals surface area contributed by atoms with Gasteiger partial charge in [0.2, 0.25) is 0 Å². The number of amides is 2. The van der Waals surface area contributed by atoms with Gasteiger partial charge < -0.3 is 15.4 Å². The molecule has 0 spiro atoms. The van der Waals surface area contributed by atoms with Crippen molar-refractivity contribution >= 4 is 23.6 Å². The summed E-state index contributed by atoms with van der Waals surface area (Å²) in [4.78, 5) is 26.8. The number of rotatable bonds is 4. The number of pyridine rings is 1. The third-order valence-corrected chi connectivity index (χ3v) is 4.12. The predicted molar refractivity (Wildman–Crippen MR) is 88.9 cm³/mol. The van der Waals surface area contributed by atoms with Crippen molar-refractivity contribution in [3.05, 3.63) is 64.4 Å². The molecule has 1 aromatic carbocycles. The zero-order valence-electron chi connectivity index (χ0n) is 13.6. The smallest absolute Gasteiger partial charge is 0.433 e. The Labute approximate surface area is 156 Å². The lowest BCUT2D eigenvalue weighted by Crippen LogP contribution is -2.39. The number of alkyl halides is 3. The first-order valence-electron chi connectivity index (χ1n) is 7.77. The Morgan fingerprint density at radius 3 is 2.56 bits per heavy atom. The minimum atomic E-state index is -4.63. The maximum Gasteiger partial charge on any atom is 0.433 e. The average Bonchev–Trinajstić information content (AvgIpc) is 3.06. The molecular formula is C17H13ClF3N3O3. The molecule has 142 valence electrons. The number of hydrogen-bond donors (Lipinski definition) is 2. The van der Waals surface area contributed by atoms with Crippen LogP contribution < -0.4 is 10.6 Å². The number of benzene rings is 1. The van der Waals surface area contributed by atoms with E-state index in [0.717, 1.165) is 12.3 Å². The van der Waals surface area contributed by atoms with Crippen LogP contribution in [0.2, 0.25) is 5.02 Å². The number of ether oxygens (including phenoxy) is 1. The molecule has 2 heterocycles. The molecule has 0 bridgehead atoms. The van der Waals surface area contributed by atoms with Gasteiger partial charge in [0, 0.05) is 11.2 Å². The number of halogens is 4. The van der Waals surface area contributed by atoms with Crippen LogP contribution in [0.25, 0.3) is 0 Å². The SMILES string of the molecule is O=C1NCC(C(=O)NC(c2ccc(Cl)cc2)c2ccnc(C(F)(F)F)c2)O1. The summed E-state index contributed by atoms with van der Waals surface area (Å²) in [5, 5.41) is 5.39. The molecule has 2 N–H and O–H groups in total. The summed E-state index contributed by atoms with van der Waals surface area (Å²) in [5.41, 5.74) is -0.406. The second-order valence-electron chi connectivity index (χ2n) is 5.74. The van der Waals surface area contributed by atoms with Crippen LogP contribution in [0, 0.1) is 0 Å². The minimum Gasteiger partial charge on any atom is -0.434 e. The highest BCUT2D eigenvalue weighted by atomic mass is 35.5. The molecule has 2 atom stereocenters. The highest BCUT2D eigenvalue weighted by molar-refractivity contribution is 6.30. The van der Waals surface area contributed by atoms with E-state index in [-0.39, 0.29) is 12.1 Å². The third kappa shape index (κ3) is 4.48. The lowest BCUT2D eigenvalue weighted by atomic mass is 9.98. The number of nitrogens with zero attached hydrogens (tertiary/aromatic N) is 1. The highest BCUT2D eigenvalue weighted by Gasteiger charge is 2.34. The van der Waals surface area contributed by atoms with E-state index in [1.54, 1.807) is 24.3 Å². The first-order chi connectivity index (χ1) is 12.7. The second-order valence-corrected chi connectivity index (χ2v) is 6.18. The van der Waals surface area contributed by atoms with E-state index < -0.39 is 36.0 Å². The van der Waals surface area contributed by atoms with Crippen LogP contribution in [0.1, 0.15) is 22.9 Å². The molecule has 3 rings (SSSR count). The van der Waals surface area contributed by atoms with E-state index in [2.05, 4.69) is 15.6 Å². The Balaban J connectivity index is 1.94. The summed E-state index contributed by atoms with van der Waals surface area (Å²) in [6, 6.07) is 7.59. The van der Waals surface area contributed by atoms with Crippen LogP contribution in [0.15, 0.2) is 42.6 Å². The van der Waals surface area contributed by atoms with Crippen molar-refractivity contribution < 1.29 is 27.5 Å². The molecule has 0 aliphatic carbocycles. The van der Waals surface area contributed by atoms with Gasteiger partial charge in [-0.2, -0.15) is 13.2 Å². The monoisotopic (exact) mass is 399 g/mol. The van der Waals surface area contributed by atoms with Crippen molar-refractivity contribution in [3.8, 4) is 0 Å². The van der Waals surface area contributed by atoms with E-state index in [1.165, 1.54) is 6.07 Å². The summed E-state index contributed by atoms with van der Waals surface area (Å²) >= 11 is 5.86. The molecule has 1 aromatic heterocycles. The summed E-state index contributed by atoms with van der Waals surface area (Å²) < 4.78 is 43.8. The molecule has 10 heteroatoms. The molecule has 2 unspecified atom stereocenters. The Morgan fingerprint density at radius 1 is 1.26 bits per heavy atom. The maximum absolute atomic E-state index is 13.0. The summed E-state index contributed by atoms with van der Waals surface area (Å²) in [7, 11) is 0. The van der Waals surface area contributed by atoms with Gasteiger partial charge >= 0.3 is 12.3 Å². The summed E-state index contributed by atoms with van der Waals surface area (Å²) in [5.74, 6) is -0.640. The maximum atomic E-state index is 13.0. The van der Waals surface area contributed by atoms with Crippen LogP contribution in [-0.2, 0) is 15.7 Å². The topological polar surface area (TPSA) is 80.3 Å². The standard InChI is InChI=1S/C17H13ClF3N3O3/c18-11-3-1-9(2-4-11)14(24-15(25)12-8-23-16(26)27-12)10-5-6-22-13(7-10)17(19,20)21/h1-7,12,14H,8H2,(H,23,26)(H,24,25). The van der Waals surface area contributed by atoms with E-state index >= 15 is 0 Å². The minimum absolute atomic E-state index is 0.0256. The molecule has 0 saturated carbocycles. The zero-order valence-corrected chi connectivity index (χ0v) is 14.3. The quantitative estimate of drug-likeness (QED) is 0.828. The third-order valence-electron chi connectivity index (χ3n) is 3.87. The summed E-state index contributed by atoms with van der Waals surface area (Å²) in [6.07, 6.45) is -5.42. The number of alkyl carbamates (subject to hydrolysis) is 1. The Morgan fingerprint density at radius 2 is 1.96 bits per heavy atom. The fraction of sp³-hybridized carbons (Fsp3) is 0.235. The number of cyclic esters (lactones) is 1. The van der Waals surface area contributed by atoms with Crippen LogP contribution in [0.4, 0.5) is 18.0 Å². The lowest BCUT2D eigenvalue weighted by molar-refractivity contribution is -0.141. The number of nitrogens with one attached hydrogen (secondary N) is 2. The second kappa shape index (κ2) is 7.43. The number of carbonyl (C=O) groups is 2. The molecule has 0 radical (unpaired) electrons. The first-order valence-corrected chi connectivity index (χ1v) is 8.15. The Hall–Kier alpha value is -2.81. The van der Waals surface area contributed by atoms with Crippen LogP contribution >= 0.6 is 11.6 Å². The van der Waals surface area contributed by atoms with Crippen molar-refractivity contribution in [1.82, 2.24) is 15.6 Å². The summed E-state index contributed by atoms with van der Waals surface area (Å²) in [6.45, 7) is -0.0256. The largest absolute Gasteiger partial charge is 0.434 e. The predicted octanol–water partition coefficient (Wildman–Crippen LogP) is 3.07. The normalized spacial score (nSPS) is 17.8. The van der Waals surface area contributed by atoms with Gasteiger partial charge in [-0.3, -0.25) is 9.78 Å². The number of hydrogen-bond acceptors (Lipinski definition) is 4. The van der Waals surface area contributed by atoms with E-state index in [0.29, 0.717) is 10.6 Å².